The molecule has 0 spiro atoms. The number of nitrogens with one attached hydrogen (secondary N) is 1. The van der Waals surface area contributed by atoms with Crippen molar-refractivity contribution in [3.8, 4) is 0 Å². The molecule has 0 aromatic carbocycles. The van der Waals surface area contributed by atoms with Gasteiger partial charge in [-0.2, -0.15) is 0 Å². The van der Waals surface area contributed by atoms with Gasteiger partial charge in [0, 0.05) is 19.8 Å². The molecule has 1 aliphatic rings. The standard InChI is InChI=1S/C9H19NO/c1-8(5-7-11-2)9-4-3-6-10-9/h8-10H,3-7H2,1-2H3. The van der Waals surface area contributed by atoms with Gasteiger partial charge in [-0.15, -0.1) is 0 Å². The summed E-state index contributed by atoms with van der Waals surface area (Å²) in [4.78, 5) is 0. The van der Waals surface area contributed by atoms with Gasteiger partial charge < -0.3 is 10.1 Å². The maximum atomic E-state index is 5.04. The van der Waals surface area contributed by atoms with E-state index in [1.165, 1.54) is 25.8 Å². The highest BCUT2D eigenvalue weighted by Crippen LogP contribution is 2.17. The molecule has 2 nitrogen and oxygen atoms in total. The van der Waals surface area contributed by atoms with Crippen LogP contribution in [0.15, 0.2) is 0 Å². The quantitative estimate of drug-likeness (QED) is 0.666. The predicted octanol–water partition coefficient (Wildman–Crippen LogP) is 1.41. The highest BCUT2D eigenvalue weighted by Gasteiger charge is 2.19. The van der Waals surface area contributed by atoms with Crippen molar-refractivity contribution in [3.63, 3.8) is 0 Å². The van der Waals surface area contributed by atoms with Crippen LogP contribution in [0.3, 0.4) is 0 Å². The van der Waals surface area contributed by atoms with Crippen LogP contribution in [0.1, 0.15) is 26.2 Å². The van der Waals surface area contributed by atoms with Crippen LogP contribution in [-0.4, -0.2) is 26.3 Å². The van der Waals surface area contributed by atoms with Crippen LogP contribution in [0.2, 0.25) is 0 Å². The Labute approximate surface area is 69.3 Å². The molecule has 0 aliphatic carbocycles. The van der Waals surface area contributed by atoms with Crippen molar-refractivity contribution in [1.82, 2.24) is 5.32 Å². The van der Waals surface area contributed by atoms with Gasteiger partial charge in [-0.3, -0.25) is 0 Å². The van der Waals surface area contributed by atoms with Gasteiger partial charge >= 0.3 is 0 Å². The smallest absolute Gasteiger partial charge is 0.0465 e. The van der Waals surface area contributed by atoms with Crippen LogP contribution in [0.25, 0.3) is 0 Å². The Bertz CT molecular complexity index is 99.7. The van der Waals surface area contributed by atoms with E-state index in [9.17, 15) is 0 Å². The normalized spacial score (nSPS) is 27.3. The summed E-state index contributed by atoms with van der Waals surface area (Å²) in [6, 6.07) is 0.755. The zero-order valence-electron chi connectivity index (χ0n) is 7.60. The SMILES string of the molecule is COCCC(C)C1CCCN1. The molecule has 1 aliphatic heterocycles. The first kappa shape index (κ1) is 9.01. The molecule has 2 heteroatoms. The molecule has 0 amide bonds. The number of methoxy groups -OCH3 is 1. The lowest BCUT2D eigenvalue weighted by molar-refractivity contribution is 0.172. The summed E-state index contributed by atoms with van der Waals surface area (Å²) < 4.78 is 5.04. The van der Waals surface area contributed by atoms with E-state index >= 15 is 0 Å². The van der Waals surface area contributed by atoms with E-state index in [1.54, 1.807) is 7.11 Å². The first-order chi connectivity index (χ1) is 5.34. The molecular formula is C9H19NO. The Kier molecular flexibility index (Phi) is 3.87. The maximum absolute atomic E-state index is 5.04. The summed E-state index contributed by atoms with van der Waals surface area (Å²) in [6.45, 7) is 4.42. The molecule has 1 heterocycles. The van der Waals surface area contributed by atoms with Crippen LogP contribution in [0, 0.1) is 5.92 Å². The Morgan fingerprint density at radius 3 is 3.00 bits per heavy atom. The van der Waals surface area contributed by atoms with Gasteiger partial charge in [0.25, 0.3) is 0 Å². The minimum Gasteiger partial charge on any atom is -0.385 e. The fraction of sp³-hybridized carbons (Fsp3) is 1.00. The van der Waals surface area contributed by atoms with E-state index in [1.807, 2.05) is 0 Å². The number of ether oxygens (including phenoxy) is 1. The predicted molar refractivity (Wildman–Crippen MR) is 46.7 cm³/mol. The van der Waals surface area contributed by atoms with Gasteiger partial charge in [-0.05, 0) is 31.7 Å². The van der Waals surface area contributed by atoms with Gasteiger partial charge in [-0.25, -0.2) is 0 Å². The number of hydrogen-bond donors (Lipinski definition) is 1. The van der Waals surface area contributed by atoms with E-state index in [4.69, 9.17) is 4.74 Å². The molecule has 0 saturated carbocycles. The second kappa shape index (κ2) is 4.73. The van der Waals surface area contributed by atoms with Crippen molar-refractivity contribution >= 4 is 0 Å². The van der Waals surface area contributed by atoms with Gasteiger partial charge in [0.15, 0.2) is 0 Å². The van der Waals surface area contributed by atoms with E-state index in [0.29, 0.717) is 0 Å². The summed E-state index contributed by atoms with van der Waals surface area (Å²) in [7, 11) is 1.77. The molecule has 0 radical (unpaired) electrons. The van der Waals surface area contributed by atoms with Gasteiger partial charge in [-0.1, -0.05) is 6.92 Å². The van der Waals surface area contributed by atoms with Crippen molar-refractivity contribution in [3.05, 3.63) is 0 Å². The second-order valence-corrected chi connectivity index (χ2v) is 3.46. The zero-order valence-corrected chi connectivity index (χ0v) is 7.60. The van der Waals surface area contributed by atoms with Crippen molar-refractivity contribution < 1.29 is 4.74 Å². The first-order valence-electron chi connectivity index (χ1n) is 4.57. The fourth-order valence-corrected chi connectivity index (χ4v) is 1.70. The van der Waals surface area contributed by atoms with Gasteiger partial charge in [0.1, 0.15) is 0 Å². The molecule has 1 N–H and O–H groups in total. The maximum Gasteiger partial charge on any atom is 0.0465 e. The molecule has 66 valence electrons. The van der Waals surface area contributed by atoms with Crippen molar-refractivity contribution in [2.45, 2.75) is 32.2 Å². The van der Waals surface area contributed by atoms with Gasteiger partial charge in [0.05, 0.1) is 0 Å². The van der Waals surface area contributed by atoms with Crippen LogP contribution >= 0.6 is 0 Å². The Balaban J connectivity index is 2.12. The Hall–Kier alpha value is -0.0800. The topological polar surface area (TPSA) is 21.3 Å². The van der Waals surface area contributed by atoms with Crippen LogP contribution in [0.4, 0.5) is 0 Å². The van der Waals surface area contributed by atoms with E-state index in [2.05, 4.69) is 12.2 Å². The number of rotatable bonds is 4. The summed E-state index contributed by atoms with van der Waals surface area (Å²) in [5.74, 6) is 0.775. The molecule has 0 bridgehead atoms. The highest BCUT2D eigenvalue weighted by atomic mass is 16.5. The molecular weight excluding hydrogens is 138 g/mol. The van der Waals surface area contributed by atoms with Crippen molar-refractivity contribution in [2.75, 3.05) is 20.3 Å². The first-order valence-corrected chi connectivity index (χ1v) is 4.57. The molecule has 1 fully saturated rings. The highest BCUT2D eigenvalue weighted by molar-refractivity contribution is 4.78. The van der Waals surface area contributed by atoms with Crippen LogP contribution in [0.5, 0.6) is 0 Å². The minimum absolute atomic E-state index is 0.755. The minimum atomic E-state index is 0.755. The molecule has 2 unspecified atom stereocenters. The lowest BCUT2D eigenvalue weighted by atomic mass is 9.98. The third-order valence-corrected chi connectivity index (χ3v) is 2.56. The molecule has 2 atom stereocenters. The molecule has 1 rings (SSSR count). The number of hydrogen-bond acceptors (Lipinski definition) is 2. The fourth-order valence-electron chi connectivity index (χ4n) is 1.70. The van der Waals surface area contributed by atoms with Gasteiger partial charge in [0.2, 0.25) is 0 Å². The summed E-state index contributed by atoms with van der Waals surface area (Å²) in [5, 5.41) is 3.51. The average molecular weight is 157 g/mol. The zero-order chi connectivity index (χ0) is 8.10. The largest absolute Gasteiger partial charge is 0.385 e. The molecule has 1 saturated heterocycles. The molecule has 0 aromatic heterocycles. The second-order valence-electron chi connectivity index (χ2n) is 3.46. The molecule has 0 aromatic rings. The van der Waals surface area contributed by atoms with Crippen molar-refractivity contribution in [1.29, 1.82) is 0 Å². The summed E-state index contributed by atoms with van der Waals surface area (Å²) in [5.41, 5.74) is 0. The summed E-state index contributed by atoms with van der Waals surface area (Å²) >= 11 is 0. The third kappa shape index (κ3) is 2.80. The lowest BCUT2D eigenvalue weighted by Crippen LogP contribution is -2.29. The van der Waals surface area contributed by atoms with Crippen LogP contribution < -0.4 is 5.32 Å². The van der Waals surface area contributed by atoms with Crippen LogP contribution in [-0.2, 0) is 4.74 Å². The molecule has 11 heavy (non-hydrogen) atoms. The monoisotopic (exact) mass is 157 g/mol. The van der Waals surface area contributed by atoms with E-state index in [-0.39, 0.29) is 0 Å². The van der Waals surface area contributed by atoms with E-state index in [0.717, 1.165) is 18.6 Å². The van der Waals surface area contributed by atoms with Crippen molar-refractivity contribution in [2.24, 2.45) is 5.92 Å². The summed E-state index contributed by atoms with van der Waals surface area (Å²) in [6.07, 6.45) is 3.89. The average Bonchev–Trinajstić information content (AvgIpc) is 2.52. The third-order valence-electron chi connectivity index (χ3n) is 2.56. The Morgan fingerprint density at radius 1 is 1.64 bits per heavy atom. The lowest BCUT2D eigenvalue weighted by Gasteiger charge is -2.18. The van der Waals surface area contributed by atoms with E-state index < -0.39 is 0 Å². The Morgan fingerprint density at radius 2 is 2.45 bits per heavy atom.